The SMILES string of the molecule is CC(C)c1c(Cl)ncnc1Nc1c(Br)cccc1Br. The molecule has 0 aliphatic carbocycles. The summed E-state index contributed by atoms with van der Waals surface area (Å²) in [5.41, 5.74) is 1.82. The van der Waals surface area contributed by atoms with Crippen LogP contribution in [0.25, 0.3) is 0 Å². The summed E-state index contributed by atoms with van der Waals surface area (Å²) in [7, 11) is 0. The molecule has 3 nitrogen and oxygen atoms in total. The van der Waals surface area contributed by atoms with E-state index in [1.807, 2.05) is 18.2 Å². The summed E-state index contributed by atoms with van der Waals surface area (Å²) in [5.74, 6) is 0.958. The molecule has 0 atom stereocenters. The minimum atomic E-state index is 0.234. The Hall–Kier alpha value is -0.650. The van der Waals surface area contributed by atoms with E-state index in [4.69, 9.17) is 11.6 Å². The smallest absolute Gasteiger partial charge is 0.138 e. The summed E-state index contributed by atoms with van der Waals surface area (Å²) >= 11 is 13.2. The fourth-order valence-electron chi connectivity index (χ4n) is 1.72. The highest BCUT2D eigenvalue weighted by molar-refractivity contribution is 9.11. The summed E-state index contributed by atoms with van der Waals surface area (Å²) in [6.45, 7) is 4.12. The average molecular weight is 406 g/mol. The first-order valence-electron chi connectivity index (χ1n) is 5.72. The van der Waals surface area contributed by atoms with Gasteiger partial charge in [0.15, 0.2) is 0 Å². The molecule has 1 aromatic carbocycles. The van der Waals surface area contributed by atoms with Crippen LogP contribution in [0.2, 0.25) is 5.15 Å². The van der Waals surface area contributed by atoms with Crippen LogP contribution in [0.1, 0.15) is 25.3 Å². The zero-order chi connectivity index (χ0) is 14.0. The summed E-state index contributed by atoms with van der Waals surface area (Å²) in [6, 6.07) is 5.88. The highest BCUT2D eigenvalue weighted by atomic mass is 79.9. The van der Waals surface area contributed by atoms with Crippen molar-refractivity contribution in [1.29, 1.82) is 0 Å². The maximum absolute atomic E-state index is 6.16. The van der Waals surface area contributed by atoms with E-state index in [1.54, 1.807) is 0 Å². The predicted octanol–water partition coefficient (Wildman–Crippen LogP) is 5.52. The van der Waals surface area contributed by atoms with Crippen molar-refractivity contribution in [2.24, 2.45) is 0 Å². The molecular weight excluding hydrogens is 393 g/mol. The number of nitrogens with one attached hydrogen (secondary N) is 1. The van der Waals surface area contributed by atoms with E-state index in [1.165, 1.54) is 6.33 Å². The molecule has 0 aliphatic rings. The lowest BCUT2D eigenvalue weighted by Gasteiger charge is -2.16. The van der Waals surface area contributed by atoms with Gasteiger partial charge < -0.3 is 5.32 Å². The monoisotopic (exact) mass is 403 g/mol. The number of para-hydroxylation sites is 1. The third kappa shape index (κ3) is 3.27. The van der Waals surface area contributed by atoms with Crippen molar-refractivity contribution >= 4 is 55.0 Å². The van der Waals surface area contributed by atoms with Crippen molar-refractivity contribution in [2.45, 2.75) is 19.8 Å². The Morgan fingerprint density at radius 1 is 1.16 bits per heavy atom. The first-order valence-corrected chi connectivity index (χ1v) is 7.68. The molecule has 1 N–H and O–H groups in total. The van der Waals surface area contributed by atoms with E-state index in [0.29, 0.717) is 5.15 Å². The first-order chi connectivity index (χ1) is 9.00. The van der Waals surface area contributed by atoms with Gasteiger partial charge >= 0.3 is 0 Å². The van der Waals surface area contributed by atoms with Gasteiger partial charge in [0.25, 0.3) is 0 Å². The summed E-state index contributed by atoms with van der Waals surface area (Å²) < 4.78 is 1.90. The van der Waals surface area contributed by atoms with E-state index in [9.17, 15) is 0 Å². The van der Waals surface area contributed by atoms with Crippen LogP contribution in [-0.4, -0.2) is 9.97 Å². The van der Waals surface area contributed by atoms with Crippen LogP contribution in [0.4, 0.5) is 11.5 Å². The summed E-state index contributed by atoms with van der Waals surface area (Å²) in [6.07, 6.45) is 1.46. The first kappa shape index (κ1) is 14.8. The number of aromatic nitrogens is 2. The van der Waals surface area contributed by atoms with Crippen molar-refractivity contribution in [3.05, 3.63) is 44.2 Å². The molecule has 0 bridgehead atoms. The lowest BCUT2D eigenvalue weighted by molar-refractivity contribution is 0.850. The molecule has 1 aromatic heterocycles. The molecule has 0 spiro atoms. The van der Waals surface area contributed by atoms with Gasteiger partial charge in [-0.1, -0.05) is 31.5 Å². The van der Waals surface area contributed by atoms with Crippen LogP contribution >= 0.6 is 43.5 Å². The third-order valence-electron chi connectivity index (χ3n) is 2.62. The molecular formula is C13H12Br2ClN3. The van der Waals surface area contributed by atoms with Gasteiger partial charge in [-0.15, -0.1) is 0 Å². The van der Waals surface area contributed by atoms with Crippen LogP contribution < -0.4 is 5.32 Å². The zero-order valence-corrected chi connectivity index (χ0v) is 14.3. The third-order valence-corrected chi connectivity index (χ3v) is 4.24. The number of rotatable bonds is 3. The molecule has 2 aromatic rings. The van der Waals surface area contributed by atoms with E-state index >= 15 is 0 Å². The normalized spacial score (nSPS) is 10.8. The van der Waals surface area contributed by atoms with Gasteiger partial charge in [0.1, 0.15) is 17.3 Å². The fourth-order valence-corrected chi connectivity index (χ4v) is 3.27. The second-order valence-corrected chi connectivity index (χ2v) is 6.37. The maximum Gasteiger partial charge on any atom is 0.138 e. The molecule has 0 unspecified atom stereocenters. The van der Waals surface area contributed by atoms with Gasteiger partial charge in [0, 0.05) is 14.5 Å². The Balaban J connectivity index is 2.47. The van der Waals surface area contributed by atoms with Gasteiger partial charge in [0.2, 0.25) is 0 Å². The Bertz CT molecular complexity index is 582. The van der Waals surface area contributed by atoms with Gasteiger partial charge in [-0.05, 0) is 49.9 Å². The average Bonchev–Trinajstić information content (AvgIpc) is 2.33. The molecule has 0 fully saturated rings. The topological polar surface area (TPSA) is 37.8 Å². The number of hydrogen-bond acceptors (Lipinski definition) is 3. The Kier molecular flexibility index (Phi) is 4.81. The van der Waals surface area contributed by atoms with Crippen molar-refractivity contribution in [3.63, 3.8) is 0 Å². The van der Waals surface area contributed by atoms with E-state index in [2.05, 4.69) is 61.0 Å². The number of halogens is 3. The molecule has 2 rings (SSSR count). The minimum absolute atomic E-state index is 0.234. The molecule has 0 amide bonds. The van der Waals surface area contributed by atoms with Gasteiger partial charge in [-0.25, -0.2) is 9.97 Å². The highest BCUT2D eigenvalue weighted by Gasteiger charge is 2.15. The van der Waals surface area contributed by atoms with Crippen molar-refractivity contribution < 1.29 is 0 Å². The van der Waals surface area contributed by atoms with Crippen molar-refractivity contribution in [2.75, 3.05) is 5.32 Å². The predicted molar refractivity (Wildman–Crippen MR) is 86.3 cm³/mol. The summed E-state index contributed by atoms with van der Waals surface area (Å²) in [4.78, 5) is 8.33. The quantitative estimate of drug-likeness (QED) is 0.683. The second kappa shape index (κ2) is 6.20. The Labute approximate surface area is 134 Å². The van der Waals surface area contributed by atoms with Crippen LogP contribution in [0.3, 0.4) is 0 Å². The molecule has 1 heterocycles. The fraction of sp³-hybridized carbons (Fsp3) is 0.231. The largest absolute Gasteiger partial charge is 0.338 e. The van der Waals surface area contributed by atoms with Gasteiger partial charge in [-0.3, -0.25) is 0 Å². The van der Waals surface area contributed by atoms with Crippen LogP contribution in [0.15, 0.2) is 33.5 Å². The van der Waals surface area contributed by atoms with Gasteiger partial charge in [0.05, 0.1) is 5.69 Å². The van der Waals surface area contributed by atoms with Crippen LogP contribution in [0.5, 0.6) is 0 Å². The molecule has 6 heteroatoms. The maximum atomic E-state index is 6.16. The lowest BCUT2D eigenvalue weighted by atomic mass is 10.1. The highest BCUT2D eigenvalue weighted by Crippen LogP contribution is 2.36. The van der Waals surface area contributed by atoms with Crippen molar-refractivity contribution in [1.82, 2.24) is 9.97 Å². The van der Waals surface area contributed by atoms with E-state index in [0.717, 1.165) is 26.0 Å². The molecule has 0 saturated heterocycles. The Morgan fingerprint density at radius 3 is 2.37 bits per heavy atom. The van der Waals surface area contributed by atoms with Crippen LogP contribution in [-0.2, 0) is 0 Å². The number of anilines is 2. The minimum Gasteiger partial charge on any atom is -0.338 e. The standard InChI is InChI=1S/C13H12Br2ClN3/c1-7(2)10-12(16)17-6-18-13(10)19-11-8(14)4-3-5-9(11)15/h3-7H,1-2H3,(H,17,18,19). The van der Waals surface area contributed by atoms with Gasteiger partial charge in [-0.2, -0.15) is 0 Å². The van der Waals surface area contributed by atoms with E-state index < -0.39 is 0 Å². The van der Waals surface area contributed by atoms with Crippen LogP contribution in [0, 0.1) is 0 Å². The number of benzene rings is 1. The molecule has 0 radical (unpaired) electrons. The van der Waals surface area contributed by atoms with E-state index in [-0.39, 0.29) is 5.92 Å². The summed E-state index contributed by atoms with van der Waals surface area (Å²) in [5, 5.41) is 3.78. The van der Waals surface area contributed by atoms with Crippen molar-refractivity contribution in [3.8, 4) is 0 Å². The second-order valence-electron chi connectivity index (χ2n) is 4.30. The molecule has 0 aliphatic heterocycles. The molecule has 0 saturated carbocycles. The Morgan fingerprint density at radius 2 is 1.79 bits per heavy atom. The zero-order valence-electron chi connectivity index (χ0n) is 10.4. The number of hydrogen-bond donors (Lipinski definition) is 1. The number of nitrogens with zero attached hydrogens (tertiary/aromatic N) is 2. The lowest BCUT2D eigenvalue weighted by Crippen LogP contribution is -2.03. The molecule has 19 heavy (non-hydrogen) atoms. The molecule has 100 valence electrons.